The van der Waals surface area contributed by atoms with Crippen LogP contribution in [0.15, 0.2) is 36.5 Å². The minimum atomic E-state index is -4.40. The van der Waals surface area contributed by atoms with Crippen LogP contribution in [0.5, 0.6) is 0 Å². The maximum Gasteiger partial charge on any atom is 0.416 e. The van der Waals surface area contributed by atoms with E-state index in [1.54, 1.807) is 19.2 Å². The monoisotopic (exact) mass is 350 g/mol. The Bertz CT molecular complexity index is 874. The van der Waals surface area contributed by atoms with Gasteiger partial charge in [-0.1, -0.05) is 23.5 Å². The van der Waals surface area contributed by atoms with Gasteiger partial charge in [-0.25, -0.2) is 15.0 Å². The van der Waals surface area contributed by atoms with Crippen LogP contribution in [0.1, 0.15) is 11.3 Å². The third kappa shape index (κ3) is 3.23. The van der Waals surface area contributed by atoms with Crippen molar-refractivity contribution in [1.29, 1.82) is 0 Å². The molecular weight excluding hydrogens is 337 g/mol. The minimum absolute atomic E-state index is 0.248. The summed E-state index contributed by atoms with van der Waals surface area (Å²) >= 11 is 1.43. The Morgan fingerprint density at radius 2 is 1.92 bits per heavy atom. The Morgan fingerprint density at radius 3 is 2.58 bits per heavy atom. The van der Waals surface area contributed by atoms with Gasteiger partial charge in [0, 0.05) is 18.8 Å². The molecule has 2 aromatic heterocycles. The molecule has 0 spiro atoms. The summed E-state index contributed by atoms with van der Waals surface area (Å²) in [6.45, 7) is 1.86. The van der Waals surface area contributed by atoms with E-state index >= 15 is 0 Å². The van der Waals surface area contributed by atoms with Crippen molar-refractivity contribution in [3.63, 3.8) is 0 Å². The highest BCUT2D eigenvalue weighted by Crippen LogP contribution is 2.33. The molecule has 1 aromatic carbocycles. The third-order valence-electron chi connectivity index (χ3n) is 3.35. The van der Waals surface area contributed by atoms with Crippen molar-refractivity contribution >= 4 is 16.5 Å². The Labute approximate surface area is 140 Å². The van der Waals surface area contributed by atoms with Crippen LogP contribution in [0.2, 0.25) is 0 Å². The maximum atomic E-state index is 12.9. The molecule has 0 aliphatic carbocycles. The van der Waals surface area contributed by atoms with E-state index in [0.717, 1.165) is 27.8 Å². The predicted octanol–water partition coefficient (Wildman–Crippen LogP) is 4.64. The predicted molar refractivity (Wildman–Crippen MR) is 87.9 cm³/mol. The number of thiazole rings is 1. The van der Waals surface area contributed by atoms with Gasteiger partial charge < -0.3 is 5.32 Å². The first kappa shape index (κ1) is 16.4. The lowest BCUT2D eigenvalue weighted by atomic mass is 10.1. The molecule has 24 heavy (non-hydrogen) atoms. The standard InChI is InChI=1S/C16H13F3N4S/c1-9-13(24-15(20-2)22-9)12-6-7-21-14(23-12)10-4-3-5-11(8-10)16(17,18)19/h3-8H,1-2H3,(H,20,22). The van der Waals surface area contributed by atoms with Crippen LogP contribution in [-0.2, 0) is 6.18 Å². The van der Waals surface area contributed by atoms with Crippen LogP contribution >= 0.6 is 11.3 Å². The lowest BCUT2D eigenvalue weighted by molar-refractivity contribution is -0.137. The van der Waals surface area contributed by atoms with E-state index in [2.05, 4.69) is 20.3 Å². The number of hydrogen-bond donors (Lipinski definition) is 1. The molecule has 0 aliphatic rings. The topological polar surface area (TPSA) is 50.7 Å². The first-order valence-electron chi connectivity index (χ1n) is 7.04. The molecule has 8 heteroatoms. The summed E-state index contributed by atoms with van der Waals surface area (Å²) in [7, 11) is 1.77. The summed E-state index contributed by atoms with van der Waals surface area (Å²) in [6.07, 6.45) is -2.86. The summed E-state index contributed by atoms with van der Waals surface area (Å²) in [5.74, 6) is 0.248. The van der Waals surface area contributed by atoms with E-state index in [4.69, 9.17) is 0 Å². The number of nitrogens with zero attached hydrogens (tertiary/aromatic N) is 3. The van der Waals surface area contributed by atoms with E-state index in [-0.39, 0.29) is 5.82 Å². The SMILES string of the molecule is CNc1nc(C)c(-c2ccnc(-c3cccc(C(F)(F)F)c3)n2)s1. The molecular formula is C16H13F3N4S. The minimum Gasteiger partial charge on any atom is -0.365 e. The fraction of sp³-hybridized carbons (Fsp3) is 0.188. The van der Waals surface area contributed by atoms with E-state index in [1.165, 1.54) is 23.6 Å². The molecule has 0 amide bonds. The number of benzene rings is 1. The zero-order valence-corrected chi connectivity index (χ0v) is 13.7. The van der Waals surface area contributed by atoms with Crippen molar-refractivity contribution in [3.8, 4) is 22.0 Å². The van der Waals surface area contributed by atoms with Crippen molar-refractivity contribution in [2.45, 2.75) is 13.1 Å². The molecule has 3 rings (SSSR count). The van der Waals surface area contributed by atoms with Gasteiger partial charge in [-0.3, -0.25) is 0 Å². The summed E-state index contributed by atoms with van der Waals surface area (Å²) in [6, 6.07) is 6.72. The molecule has 0 saturated carbocycles. The van der Waals surface area contributed by atoms with E-state index < -0.39 is 11.7 Å². The molecule has 3 aromatic rings. The second-order valence-corrected chi connectivity index (χ2v) is 6.03. The molecule has 1 N–H and O–H groups in total. The third-order valence-corrected chi connectivity index (χ3v) is 4.54. The van der Waals surface area contributed by atoms with Gasteiger partial charge in [-0.15, -0.1) is 0 Å². The van der Waals surface area contributed by atoms with Crippen molar-refractivity contribution in [2.75, 3.05) is 12.4 Å². The fourth-order valence-electron chi connectivity index (χ4n) is 2.20. The number of aryl methyl sites for hydroxylation is 1. The number of anilines is 1. The van der Waals surface area contributed by atoms with Gasteiger partial charge in [0.1, 0.15) is 0 Å². The average molecular weight is 350 g/mol. The Balaban J connectivity index is 2.04. The number of rotatable bonds is 3. The quantitative estimate of drug-likeness (QED) is 0.748. The molecule has 0 unspecified atom stereocenters. The second-order valence-electron chi connectivity index (χ2n) is 5.03. The van der Waals surface area contributed by atoms with Crippen LogP contribution in [0, 0.1) is 6.92 Å². The van der Waals surface area contributed by atoms with Gasteiger partial charge in [0.15, 0.2) is 11.0 Å². The molecule has 2 heterocycles. The number of nitrogens with one attached hydrogen (secondary N) is 1. The molecule has 0 radical (unpaired) electrons. The summed E-state index contributed by atoms with van der Waals surface area (Å²) in [5.41, 5.74) is 1.04. The van der Waals surface area contributed by atoms with Gasteiger partial charge in [0.2, 0.25) is 0 Å². The van der Waals surface area contributed by atoms with Gasteiger partial charge in [0.25, 0.3) is 0 Å². The summed E-state index contributed by atoms with van der Waals surface area (Å²) in [5, 5.41) is 3.72. The number of aromatic nitrogens is 3. The lowest BCUT2D eigenvalue weighted by Gasteiger charge is -2.08. The van der Waals surface area contributed by atoms with Crippen molar-refractivity contribution in [1.82, 2.24) is 15.0 Å². The lowest BCUT2D eigenvalue weighted by Crippen LogP contribution is -2.04. The van der Waals surface area contributed by atoms with Crippen molar-refractivity contribution in [3.05, 3.63) is 47.8 Å². The normalized spacial score (nSPS) is 11.5. The highest BCUT2D eigenvalue weighted by atomic mass is 32.1. The van der Waals surface area contributed by atoms with Crippen molar-refractivity contribution < 1.29 is 13.2 Å². The Kier molecular flexibility index (Phi) is 4.23. The van der Waals surface area contributed by atoms with E-state index in [1.807, 2.05) is 6.92 Å². The zero-order valence-electron chi connectivity index (χ0n) is 12.8. The zero-order chi connectivity index (χ0) is 17.3. The molecule has 4 nitrogen and oxygen atoms in total. The van der Waals surface area contributed by atoms with Crippen LogP contribution in [0.3, 0.4) is 0 Å². The van der Waals surface area contributed by atoms with Crippen LogP contribution < -0.4 is 5.32 Å². The van der Waals surface area contributed by atoms with Crippen LogP contribution in [0.4, 0.5) is 18.3 Å². The van der Waals surface area contributed by atoms with Gasteiger partial charge in [-0.2, -0.15) is 13.2 Å². The van der Waals surface area contributed by atoms with Gasteiger partial charge in [0.05, 0.1) is 21.8 Å². The largest absolute Gasteiger partial charge is 0.416 e. The van der Waals surface area contributed by atoms with Crippen molar-refractivity contribution in [2.24, 2.45) is 0 Å². The maximum absolute atomic E-state index is 12.9. The molecule has 0 aliphatic heterocycles. The van der Waals surface area contributed by atoms with Crippen LogP contribution in [0.25, 0.3) is 22.0 Å². The summed E-state index contributed by atoms with van der Waals surface area (Å²) < 4.78 is 38.6. The molecule has 0 saturated heterocycles. The highest BCUT2D eigenvalue weighted by molar-refractivity contribution is 7.19. The molecule has 0 atom stereocenters. The van der Waals surface area contributed by atoms with E-state index in [0.29, 0.717) is 11.3 Å². The number of hydrogen-bond acceptors (Lipinski definition) is 5. The number of alkyl halides is 3. The number of halogens is 3. The Hall–Kier alpha value is -2.48. The molecule has 0 fully saturated rings. The van der Waals surface area contributed by atoms with Crippen LogP contribution in [-0.4, -0.2) is 22.0 Å². The van der Waals surface area contributed by atoms with Gasteiger partial charge >= 0.3 is 6.18 Å². The highest BCUT2D eigenvalue weighted by Gasteiger charge is 2.30. The molecule has 124 valence electrons. The van der Waals surface area contributed by atoms with Gasteiger partial charge in [-0.05, 0) is 25.1 Å². The molecule has 0 bridgehead atoms. The first-order chi connectivity index (χ1) is 11.4. The first-order valence-corrected chi connectivity index (χ1v) is 7.86. The fourth-order valence-corrected chi connectivity index (χ4v) is 3.09. The van der Waals surface area contributed by atoms with E-state index in [9.17, 15) is 13.2 Å². The summed E-state index contributed by atoms with van der Waals surface area (Å²) in [4.78, 5) is 13.7. The smallest absolute Gasteiger partial charge is 0.365 e. The Morgan fingerprint density at radius 1 is 1.12 bits per heavy atom. The second kappa shape index (κ2) is 6.20. The average Bonchev–Trinajstić information content (AvgIpc) is 2.95.